The molecule has 0 aromatic rings. The molecule has 2 rings (SSSR count). The van der Waals surface area contributed by atoms with E-state index >= 15 is 0 Å². The molecule has 118 valence electrons. The van der Waals surface area contributed by atoms with Gasteiger partial charge in [-0.2, -0.15) is 0 Å². The van der Waals surface area contributed by atoms with Crippen molar-refractivity contribution in [2.24, 2.45) is 0 Å². The van der Waals surface area contributed by atoms with Crippen LogP contribution in [-0.4, -0.2) is 82.1 Å². The van der Waals surface area contributed by atoms with Crippen LogP contribution in [0.5, 0.6) is 0 Å². The number of hydrogen-bond acceptors (Lipinski definition) is 5. The van der Waals surface area contributed by atoms with Crippen LogP contribution in [-0.2, 0) is 9.84 Å². The summed E-state index contributed by atoms with van der Waals surface area (Å²) in [4.78, 5) is 4.72. The average molecular weight is 303 g/mol. The first-order chi connectivity index (χ1) is 9.33. The lowest BCUT2D eigenvalue weighted by Gasteiger charge is -2.49. The zero-order valence-electron chi connectivity index (χ0n) is 13.1. The largest absolute Gasteiger partial charge is 0.312 e. The van der Waals surface area contributed by atoms with E-state index in [9.17, 15) is 8.42 Å². The van der Waals surface area contributed by atoms with E-state index in [0.29, 0.717) is 23.6 Å². The third-order valence-electron chi connectivity index (χ3n) is 4.96. The molecule has 1 saturated carbocycles. The molecule has 0 amide bonds. The lowest BCUT2D eigenvalue weighted by atomic mass is 9.75. The van der Waals surface area contributed by atoms with Crippen LogP contribution in [0, 0.1) is 0 Å². The monoisotopic (exact) mass is 303 g/mol. The molecule has 1 aliphatic heterocycles. The fourth-order valence-electron chi connectivity index (χ4n) is 3.34. The minimum Gasteiger partial charge on any atom is -0.312 e. The summed E-state index contributed by atoms with van der Waals surface area (Å²) in [5.74, 6) is 0.600. The van der Waals surface area contributed by atoms with Crippen LogP contribution < -0.4 is 5.32 Å². The number of hydrogen-bond donors (Lipinski definition) is 1. The molecule has 5 nitrogen and oxygen atoms in total. The summed E-state index contributed by atoms with van der Waals surface area (Å²) < 4.78 is 23.2. The van der Waals surface area contributed by atoms with Crippen molar-refractivity contribution < 1.29 is 8.42 Å². The fraction of sp³-hybridized carbons (Fsp3) is 1.00. The number of sulfone groups is 1. The van der Waals surface area contributed by atoms with Gasteiger partial charge in [-0.05, 0) is 53.4 Å². The maximum absolute atomic E-state index is 11.6. The first-order valence-corrected chi connectivity index (χ1v) is 9.45. The van der Waals surface area contributed by atoms with Crippen molar-refractivity contribution in [2.45, 2.75) is 37.3 Å². The summed E-state index contributed by atoms with van der Waals surface area (Å²) in [5, 5.41) is 3.33. The molecule has 1 heterocycles. The van der Waals surface area contributed by atoms with Gasteiger partial charge in [0.2, 0.25) is 0 Å². The lowest BCUT2D eigenvalue weighted by Crippen LogP contribution is -2.57. The Kier molecular flexibility index (Phi) is 5.10. The first-order valence-electron chi connectivity index (χ1n) is 7.63. The fourth-order valence-corrected chi connectivity index (χ4v) is 4.84. The first kappa shape index (κ1) is 16.2. The van der Waals surface area contributed by atoms with Crippen molar-refractivity contribution in [3.8, 4) is 0 Å². The summed E-state index contributed by atoms with van der Waals surface area (Å²) in [5.41, 5.74) is 0.348. The van der Waals surface area contributed by atoms with E-state index in [-0.39, 0.29) is 6.04 Å². The molecule has 0 radical (unpaired) electrons. The van der Waals surface area contributed by atoms with Gasteiger partial charge >= 0.3 is 0 Å². The van der Waals surface area contributed by atoms with Crippen molar-refractivity contribution in [2.75, 3.05) is 52.3 Å². The molecule has 1 saturated heterocycles. The van der Waals surface area contributed by atoms with Gasteiger partial charge in [0.25, 0.3) is 0 Å². The van der Waals surface area contributed by atoms with Gasteiger partial charge in [-0.15, -0.1) is 0 Å². The minimum absolute atomic E-state index is 0.132. The molecule has 0 aromatic carbocycles. The minimum atomic E-state index is -2.81. The molecule has 0 aromatic heterocycles. The molecule has 20 heavy (non-hydrogen) atoms. The third-order valence-corrected chi connectivity index (χ3v) is 6.69. The maximum Gasteiger partial charge on any atom is 0.153 e. The van der Waals surface area contributed by atoms with Gasteiger partial charge in [-0.25, -0.2) is 8.42 Å². The lowest BCUT2D eigenvalue weighted by molar-refractivity contribution is 0.0271. The van der Waals surface area contributed by atoms with Crippen LogP contribution in [0.3, 0.4) is 0 Å². The highest BCUT2D eigenvalue weighted by molar-refractivity contribution is 7.91. The van der Waals surface area contributed by atoms with Crippen LogP contribution in [0.2, 0.25) is 0 Å². The van der Waals surface area contributed by atoms with Crippen molar-refractivity contribution in [3.05, 3.63) is 0 Å². The summed E-state index contributed by atoms with van der Waals surface area (Å²) in [6, 6.07) is 0.132. The molecule has 6 heteroatoms. The van der Waals surface area contributed by atoms with Gasteiger partial charge < -0.3 is 15.1 Å². The topological polar surface area (TPSA) is 52.7 Å². The van der Waals surface area contributed by atoms with Gasteiger partial charge in [-0.3, -0.25) is 0 Å². The Balaban J connectivity index is 1.76. The zero-order chi connectivity index (χ0) is 14.8. The van der Waals surface area contributed by atoms with E-state index in [2.05, 4.69) is 36.3 Å². The molecule has 2 fully saturated rings. The second kappa shape index (κ2) is 6.30. The Morgan fingerprint density at radius 2 is 1.95 bits per heavy atom. The van der Waals surface area contributed by atoms with Crippen LogP contribution >= 0.6 is 0 Å². The Morgan fingerprint density at radius 1 is 1.25 bits per heavy atom. The quantitative estimate of drug-likeness (QED) is 0.758. The van der Waals surface area contributed by atoms with Crippen molar-refractivity contribution in [1.29, 1.82) is 0 Å². The van der Waals surface area contributed by atoms with E-state index in [1.807, 2.05) is 0 Å². The molecule has 2 aliphatic rings. The summed E-state index contributed by atoms with van der Waals surface area (Å²) >= 11 is 0. The molecule has 1 aliphatic carbocycles. The van der Waals surface area contributed by atoms with Crippen molar-refractivity contribution in [3.63, 3.8) is 0 Å². The molecule has 1 atom stereocenters. The summed E-state index contributed by atoms with van der Waals surface area (Å²) in [6.07, 6.45) is 4.80. The Labute approximate surface area is 123 Å². The Bertz CT molecular complexity index is 418. The second-order valence-corrected chi connectivity index (χ2v) is 8.99. The SMILES string of the molecule is CN(CCC1CS(=O)(=O)CCN1)CC1(N(C)C)CCC1. The van der Waals surface area contributed by atoms with Crippen LogP contribution in [0.15, 0.2) is 0 Å². The van der Waals surface area contributed by atoms with Gasteiger partial charge in [0.05, 0.1) is 11.5 Å². The van der Waals surface area contributed by atoms with Crippen LogP contribution in [0.4, 0.5) is 0 Å². The Morgan fingerprint density at radius 3 is 2.45 bits per heavy atom. The number of likely N-dealkylation sites (N-methyl/N-ethyl adjacent to an activating group) is 2. The smallest absolute Gasteiger partial charge is 0.153 e. The average Bonchev–Trinajstić information content (AvgIpc) is 2.29. The predicted octanol–water partition coefficient (Wildman–Crippen LogP) is 0.179. The highest BCUT2D eigenvalue weighted by atomic mass is 32.2. The molecular formula is C14H29N3O2S. The maximum atomic E-state index is 11.6. The molecular weight excluding hydrogens is 274 g/mol. The summed E-state index contributed by atoms with van der Waals surface area (Å²) in [6.45, 7) is 2.65. The van der Waals surface area contributed by atoms with E-state index in [1.165, 1.54) is 19.3 Å². The normalized spacial score (nSPS) is 28.6. The van der Waals surface area contributed by atoms with E-state index in [4.69, 9.17) is 0 Å². The number of nitrogens with zero attached hydrogens (tertiary/aromatic N) is 2. The van der Waals surface area contributed by atoms with E-state index < -0.39 is 9.84 Å². The van der Waals surface area contributed by atoms with Crippen LogP contribution in [0.1, 0.15) is 25.7 Å². The standard InChI is InChI=1S/C14H29N3O2S/c1-16(2)14(6-4-7-14)12-17(3)9-5-13-11-20(18,19)10-8-15-13/h13,15H,4-12H2,1-3H3. The highest BCUT2D eigenvalue weighted by Crippen LogP contribution is 2.36. The second-order valence-electron chi connectivity index (χ2n) is 6.76. The molecule has 0 spiro atoms. The van der Waals surface area contributed by atoms with Gasteiger partial charge in [0.1, 0.15) is 0 Å². The molecule has 1 unspecified atom stereocenters. The van der Waals surface area contributed by atoms with Gasteiger partial charge in [-0.1, -0.05) is 0 Å². The third kappa shape index (κ3) is 3.93. The van der Waals surface area contributed by atoms with E-state index in [0.717, 1.165) is 19.5 Å². The van der Waals surface area contributed by atoms with Crippen LogP contribution in [0.25, 0.3) is 0 Å². The van der Waals surface area contributed by atoms with Gasteiger partial charge in [0.15, 0.2) is 9.84 Å². The molecule has 0 bridgehead atoms. The van der Waals surface area contributed by atoms with E-state index in [1.54, 1.807) is 0 Å². The van der Waals surface area contributed by atoms with Gasteiger partial charge in [0, 0.05) is 24.7 Å². The zero-order valence-corrected chi connectivity index (χ0v) is 13.9. The molecule has 1 N–H and O–H groups in total. The number of rotatable bonds is 6. The predicted molar refractivity (Wildman–Crippen MR) is 82.8 cm³/mol. The Hall–Kier alpha value is -0.170. The number of nitrogens with one attached hydrogen (secondary N) is 1. The van der Waals surface area contributed by atoms with Crippen molar-refractivity contribution >= 4 is 9.84 Å². The van der Waals surface area contributed by atoms with Crippen molar-refractivity contribution in [1.82, 2.24) is 15.1 Å². The summed E-state index contributed by atoms with van der Waals surface area (Å²) in [7, 11) is 3.68. The highest BCUT2D eigenvalue weighted by Gasteiger charge is 2.39.